The first kappa shape index (κ1) is 50.7. The summed E-state index contributed by atoms with van der Waals surface area (Å²) in [5.74, 6) is -2.26. The van der Waals surface area contributed by atoms with Gasteiger partial charge in [0.1, 0.15) is 0 Å². The van der Waals surface area contributed by atoms with E-state index in [1.54, 1.807) is 0 Å². The van der Waals surface area contributed by atoms with Crippen LogP contribution in [0.5, 0.6) is 0 Å². The van der Waals surface area contributed by atoms with E-state index in [1.165, 1.54) is 70.6 Å². The van der Waals surface area contributed by atoms with Gasteiger partial charge in [0.05, 0.1) is 19.6 Å². The molecule has 0 saturated heterocycles. The average Bonchev–Trinajstić information content (AvgIpc) is 3.01. The zero-order valence-electron chi connectivity index (χ0n) is 30.1. The van der Waals surface area contributed by atoms with Crippen molar-refractivity contribution in [2.45, 2.75) is 188 Å². The van der Waals surface area contributed by atoms with Crippen molar-refractivity contribution >= 4 is 57.6 Å². The van der Waals surface area contributed by atoms with Gasteiger partial charge in [-0.05, 0) is 31.1 Å². The Bertz CT molecular complexity index is 851. The molecule has 0 aliphatic heterocycles. The molecule has 9 nitrogen and oxygen atoms in total. The van der Waals surface area contributed by atoms with Gasteiger partial charge >= 0.3 is 47.5 Å². The van der Waals surface area contributed by atoms with Crippen LogP contribution in [0.3, 0.4) is 0 Å². The minimum absolute atomic E-state index is 0. The maximum absolute atomic E-state index is 12.2. The number of hydrogen-bond donors (Lipinski definition) is 2. The van der Waals surface area contributed by atoms with Gasteiger partial charge in [0.15, 0.2) is 5.25 Å². The van der Waals surface area contributed by atoms with Crippen molar-refractivity contribution in [1.82, 2.24) is 0 Å². The van der Waals surface area contributed by atoms with Gasteiger partial charge in [-0.1, -0.05) is 150 Å². The van der Waals surface area contributed by atoms with E-state index in [0.717, 1.165) is 64.2 Å². The molecule has 0 rings (SSSR count). The Kier molecular flexibility index (Phi) is 37.9. The van der Waals surface area contributed by atoms with Crippen molar-refractivity contribution in [3.8, 4) is 0 Å². The molecule has 0 aromatic carbocycles. The Hall–Kier alpha value is -0.680. The number of esters is 2. The summed E-state index contributed by atoms with van der Waals surface area (Å²) in [4.78, 5) is 34.5. The first-order valence-corrected chi connectivity index (χ1v) is 20.0. The molecule has 0 aromatic rings. The normalized spacial score (nSPS) is 13.0. The van der Waals surface area contributed by atoms with Crippen LogP contribution in [-0.2, 0) is 34.0 Å². The molecule has 0 aliphatic carbocycles. The molecule has 3 atom stereocenters. The molecule has 11 heteroatoms. The van der Waals surface area contributed by atoms with Gasteiger partial charge in [0, 0.05) is 6.42 Å². The monoisotopic (exact) mass is 702 g/mol. The molecule has 0 saturated carbocycles. The second kappa shape index (κ2) is 35.2. The summed E-state index contributed by atoms with van der Waals surface area (Å²) in [6.45, 7) is 10.6. The molecule has 47 heavy (non-hydrogen) atoms. The van der Waals surface area contributed by atoms with Gasteiger partial charge in [0.2, 0.25) is 0 Å². The Labute approximate surface area is 310 Å². The standard InChI is InChI=1S/C20H38O7S.C16H32O2.Na.H/c1-5-9-11-16(7-3)14-26-19(21)13-18(28(23,24)25)20(22)27-15-17(8-4)12-10-6-2;1-2-3-4-5-6-7-8-9-10-11-12-13-14-15-16(17)18;;/h16-18H,5-15H2,1-4H3,(H,23,24,25);2-15H2,1H3,(H,17,18);;. The number of rotatable bonds is 30. The number of hydrogen-bond acceptors (Lipinski definition) is 7. The van der Waals surface area contributed by atoms with Gasteiger partial charge in [-0.25, -0.2) is 0 Å². The molecule has 3 unspecified atom stereocenters. The van der Waals surface area contributed by atoms with Crippen LogP contribution in [0, 0.1) is 11.8 Å². The third kappa shape index (κ3) is 33.6. The van der Waals surface area contributed by atoms with E-state index in [2.05, 4.69) is 20.8 Å². The number of carbonyl (C=O) groups excluding carboxylic acids is 2. The molecule has 0 aliphatic rings. The fourth-order valence-electron chi connectivity index (χ4n) is 5.11. The van der Waals surface area contributed by atoms with Crippen LogP contribution < -0.4 is 0 Å². The molecular weight excluding hydrogens is 631 g/mol. The molecule has 0 spiro atoms. The van der Waals surface area contributed by atoms with E-state index < -0.39 is 39.7 Å². The van der Waals surface area contributed by atoms with E-state index >= 15 is 0 Å². The summed E-state index contributed by atoms with van der Waals surface area (Å²) in [7, 11) is -4.76. The Morgan fingerprint density at radius 2 is 0.979 bits per heavy atom. The van der Waals surface area contributed by atoms with Crippen molar-refractivity contribution in [1.29, 1.82) is 0 Å². The predicted molar refractivity (Wildman–Crippen MR) is 194 cm³/mol. The first-order valence-electron chi connectivity index (χ1n) is 18.5. The summed E-state index contributed by atoms with van der Waals surface area (Å²) >= 11 is 0. The maximum atomic E-state index is 12.2. The summed E-state index contributed by atoms with van der Waals surface area (Å²) in [5.41, 5.74) is 0. The minimum atomic E-state index is -4.76. The van der Waals surface area contributed by atoms with Gasteiger partial charge in [-0.2, -0.15) is 8.42 Å². The van der Waals surface area contributed by atoms with Crippen LogP contribution in [0.2, 0.25) is 0 Å². The average molecular weight is 703 g/mol. The van der Waals surface area contributed by atoms with E-state index in [-0.39, 0.29) is 54.6 Å². The third-order valence-corrected chi connectivity index (χ3v) is 9.57. The number of carboxylic acid groups (broad SMARTS) is 1. The van der Waals surface area contributed by atoms with Crippen molar-refractivity contribution < 1.29 is 41.9 Å². The molecule has 0 heterocycles. The van der Waals surface area contributed by atoms with E-state index in [4.69, 9.17) is 14.6 Å². The molecule has 0 aromatic heterocycles. The predicted octanol–water partition coefficient (Wildman–Crippen LogP) is 9.06. The van der Waals surface area contributed by atoms with Crippen molar-refractivity contribution in [3.05, 3.63) is 0 Å². The number of aliphatic carboxylic acids is 1. The van der Waals surface area contributed by atoms with Crippen molar-refractivity contribution in [2.24, 2.45) is 11.8 Å². The number of carboxylic acids is 1. The molecule has 0 fully saturated rings. The van der Waals surface area contributed by atoms with Gasteiger partial charge in [-0.15, -0.1) is 0 Å². The molecule has 2 N–H and O–H groups in total. The Morgan fingerprint density at radius 1 is 0.596 bits per heavy atom. The third-order valence-electron chi connectivity index (χ3n) is 8.50. The number of ether oxygens (including phenoxy) is 2. The molecular formula is C36H71NaO9S. The van der Waals surface area contributed by atoms with Crippen LogP contribution in [0.25, 0.3) is 0 Å². The summed E-state index contributed by atoms with van der Waals surface area (Å²) in [6.07, 6.45) is 24.0. The Morgan fingerprint density at radius 3 is 1.34 bits per heavy atom. The van der Waals surface area contributed by atoms with Crippen LogP contribution in [-0.4, -0.2) is 84.0 Å². The van der Waals surface area contributed by atoms with Gasteiger partial charge in [0.25, 0.3) is 10.1 Å². The fourth-order valence-corrected chi connectivity index (χ4v) is 5.77. The SMILES string of the molecule is CCCCC(CC)COC(=O)CC(C(=O)OCC(CC)CCCC)S(=O)(=O)O.CCCCCCCCCCCCCCCC(=O)O.[NaH]. The van der Waals surface area contributed by atoms with E-state index in [0.29, 0.717) is 6.42 Å². The van der Waals surface area contributed by atoms with Crippen LogP contribution in [0.15, 0.2) is 0 Å². The van der Waals surface area contributed by atoms with Crippen LogP contribution in [0.1, 0.15) is 182 Å². The fraction of sp³-hybridized carbons (Fsp3) is 0.917. The molecule has 0 radical (unpaired) electrons. The van der Waals surface area contributed by atoms with Crippen molar-refractivity contribution in [3.63, 3.8) is 0 Å². The van der Waals surface area contributed by atoms with Gasteiger partial charge < -0.3 is 14.6 Å². The summed E-state index contributed by atoms with van der Waals surface area (Å²) in [5, 5.41) is 6.55. The number of carbonyl (C=O) groups is 3. The van der Waals surface area contributed by atoms with Crippen LogP contribution in [0.4, 0.5) is 0 Å². The van der Waals surface area contributed by atoms with Gasteiger partial charge in [-0.3, -0.25) is 18.9 Å². The summed E-state index contributed by atoms with van der Waals surface area (Å²) < 4.78 is 42.8. The summed E-state index contributed by atoms with van der Waals surface area (Å²) in [6, 6.07) is 0. The first-order chi connectivity index (χ1) is 22.0. The second-order valence-corrected chi connectivity index (χ2v) is 14.3. The van der Waals surface area contributed by atoms with E-state index in [9.17, 15) is 27.4 Å². The van der Waals surface area contributed by atoms with Crippen LogP contribution >= 0.6 is 0 Å². The quantitative estimate of drug-likeness (QED) is 0.0324. The Balaban J connectivity index is -0.000000883. The molecule has 276 valence electrons. The second-order valence-electron chi connectivity index (χ2n) is 12.7. The van der Waals surface area contributed by atoms with Crippen molar-refractivity contribution in [2.75, 3.05) is 13.2 Å². The number of unbranched alkanes of at least 4 members (excludes halogenated alkanes) is 14. The molecule has 0 amide bonds. The molecule has 0 bridgehead atoms. The zero-order chi connectivity index (χ0) is 35.1. The van der Waals surface area contributed by atoms with E-state index in [1.807, 2.05) is 13.8 Å². The topological polar surface area (TPSA) is 144 Å². The zero-order valence-corrected chi connectivity index (χ0v) is 30.9.